The first-order valence-corrected chi connectivity index (χ1v) is 12.6. The van der Waals surface area contributed by atoms with Crippen LogP contribution in [0.25, 0.3) is 21.3 Å². The van der Waals surface area contributed by atoms with E-state index in [0.717, 1.165) is 61.7 Å². The Balaban J connectivity index is 1.54. The maximum absolute atomic E-state index is 5.51. The molecule has 0 atom stereocenters. The van der Waals surface area contributed by atoms with Gasteiger partial charge in [-0.2, -0.15) is 0 Å². The Morgan fingerprint density at radius 2 is 1.85 bits per heavy atom. The van der Waals surface area contributed by atoms with Crippen molar-refractivity contribution in [2.75, 3.05) is 42.6 Å². The second-order valence-corrected chi connectivity index (χ2v) is 9.80. The molecule has 0 bridgehead atoms. The molecule has 1 aliphatic rings. The predicted octanol–water partition coefficient (Wildman–Crippen LogP) is 6.38. The summed E-state index contributed by atoms with van der Waals surface area (Å²) in [5.74, 6) is 1.58. The van der Waals surface area contributed by atoms with E-state index < -0.39 is 0 Å². The van der Waals surface area contributed by atoms with E-state index in [4.69, 9.17) is 9.72 Å². The highest BCUT2D eigenvalue weighted by Crippen LogP contribution is 2.35. The number of anilines is 3. The number of nitrogens with zero attached hydrogens (tertiary/aromatic N) is 4. The van der Waals surface area contributed by atoms with Crippen LogP contribution in [0.1, 0.15) is 20.3 Å². The molecule has 0 N–H and O–H groups in total. The molecule has 5 nitrogen and oxygen atoms in total. The molecule has 33 heavy (non-hydrogen) atoms. The van der Waals surface area contributed by atoms with E-state index in [2.05, 4.69) is 88.6 Å². The van der Waals surface area contributed by atoms with Crippen molar-refractivity contribution in [2.24, 2.45) is 5.92 Å². The van der Waals surface area contributed by atoms with Crippen LogP contribution in [-0.2, 0) is 4.74 Å². The molecular weight excluding hydrogens is 428 g/mol. The standard InChI is InChI=1S/C27H30N4OS/c1-20(2)11-12-31(23-8-6-22(7-9-23)30-13-15-32-16-14-30)27-24-18-21(26-4-3-17-33-26)5-10-25(24)28-19-29-27/h3-10,17-20H,11-16H2,1-2H3. The van der Waals surface area contributed by atoms with Crippen molar-refractivity contribution in [3.63, 3.8) is 0 Å². The van der Waals surface area contributed by atoms with Gasteiger partial charge in [-0.25, -0.2) is 9.97 Å². The van der Waals surface area contributed by atoms with E-state index in [1.54, 1.807) is 17.7 Å². The molecule has 1 fully saturated rings. The van der Waals surface area contributed by atoms with Gasteiger partial charge in [0.2, 0.25) is 0 Å². The summed E-state index contributed by atoms with van der Waals surface area (Å²) in [5, 5.41) is 3.21. The SMILES string of the molecule is CC(C)CCN(c1ccc(N2CCOCC2)cc1)c1ncnc2ccc(-c3cccs3)cc12. The number of fused-ring (bicyclic) bond motifs is 1. The maximum atomic E-state index is 5.51. The number of morpholine rings is 1. The summed E-state index contributed by atoms with van der Waals surface area (Å²) in [6.07, 6.45) is 2.77. The fourth-order valence-corrected chi connectivity index (χ4v) is 4.99. The van der Waals surface area contributed by atoms with Crippen LogP contribution in [-0.4, -0.2) is 42.8 Å². The summed E-state index contributed by atoms with van der Waals surface area (Å²) in [6.45, 7) is 8.92. The van der Waals surface area contributed by atoms with Crippen molar-refractivity contribution < 1.29 is 4.74 Å². The first kappa shape index (κ1) is 21.9. The smallest absolute Gasteiger partial charge is 0.144 e. The predicted molar refractivity (Wildman–Crippen MR) is 139 cm³/mol. The maximum Gasteiger partial charge on any atom is 0.144 e. The Morgan fingerprint density at radius 1 is 1.03 bits per heavy atom. The van der Waals surface area contributed by atoms with Gasteiger partial charge in [0.15, 0.2) is 0 Å². The lowest BCUT2D eigenvalue weighted by atomic mass is 10.1. The average Bonchev–Trinajstić information content (AvgIpc) is 3.40. The first-order chi connectivity index (χ1) is 16.2. The summed E-state index contributed by atoms with van der Waals surface area (Å²) < 4.78 is 5.51. The molecule has 0 unspecified atom stereocenters. The highest BCUT2D eigenvalue weighted by Gasteiger charge is 2.17. The van der Waals surface area contributed by atoms with Crippen molar-refractivity contribution in [2.45, 2.75) is 20.3 Å². The number of hydrogen-bond acceptors (Lipinski definition) is 6. The van der Waals surface area contributed by atoms with Gasteiger partial charge < -0.3 is 14.5 Å². The number of thiophene rings is 1. The summed E-state index contributed by atoms with van der Waals surface area (Å²) in [4.78, 5) is 15.3. The van der Waals surface area contributed by atoms with Crippen LogP contribution < -0.4 is 9.80 Å². The van der Waals surface area contributed by atoms with Crippen molar-refractivity contribution in [1.29, 1.82) is 0 Å². The van der Waals surface area contributed by atoms with Gasteiger partial charge >= 0.3 is 0 Å². The van der Waals surface area contributed by atoms with Gasteiger partial charge in [0.1, 0.15) is 12.1 Å². The number of hydrogen-bond donors (Lipinski definition) is 0. The molecule has 5 rings (SSSR count). The molecule has 0 saturated carbocycles. The van der Waals surface area contributed by atoms with Gasteiger partial charge in [-0.05, 0) is 65.7 Å². The van der Waals surface area contributed by atoms with E-state index >= 15 is 0 Å². The minimum absolute atomic E-state index is 0.606. The third-order valence-electron chi connectivity index (χ3n) is 6.14. The molecule has 0 amide bonds. The Hall–Kier alpha value is -2.96. The number of rotatable bonds is 7. The number of benzene rings is 2. The largest absolute Gasteiger partial charge is 0.378 e. The Labute approximate surface area is 199 Å². The van der Waals surface area contributed by atoms with E-state index in [1.807, 2.05) is 0 Å². The zero-order valence-electron chi connectivity index (χ0n) is 19.3. The highest BCUT2D eigenvalue weighted by atomic mass is 32.1. The Morgan fingerprint density at radius 3 is 2.58 bits per heavy atom. The second-order valence-electron chi connectivity index (χ2n) is 8.86. The molecule has 4 aromatic rings. The quantitative estimate of drug-likeness (QED) is 0.321. The average molecular weight is 459 g/mol. The normalized spacial score (nSPS) is 14.2. The van der Waals surface area contributed by atoms with Crippen LogP contribution in [0.3, 0.4) is 0 Å². The Kier molecular flexibility index (Phi) is 6.55. The second kappa shape index (κ2) is 9.89. The first-order valence-electron chi connectivity index (χ1n) is 11.7. The fourth-order valence-electron chi connectivity index (χ4n) is 4.26. The fraction of sp³-hybridized carbons (Fsp3) is 0.333. The highest BCUT2D eigenvalue weighted by molar-refractivity contribution is 7.13. The molecule has 2 aromatic heterocycles. The molecule has 0 radical (unpaired) electrons. The monoisotopic (exact) mass is 458 g/mol. The minimum atomic E-state index is 0.606. The number of ether oxygens (including phenoxy) is 1. The van der Waals surface area contributed by atoms with Gasteiger partial charge in [0.05, 0.1) is 18.7 Å². The molecule has 170 valence electrons. The topological polar surface area (TPSA) is 41.5 Å². The molecule has 6 heteroatoms. The molecule has 1 aliphatic heterocycles. The molecule has 0 spiro atoms. The zero-order valence-corrected chi connectivity index (χ0v) is 20.1. The van der Waals surface area contributed by atoms with Crippen LogP contribution in [0.2, 0.25) is 0 Å². The molecule has 1 saturated heterocycles. The molecule has 0 aliphatic carbocycles. The third-order valence-corrected chi connectivity index (χ3v) is 7.06. The summed E-state index contributed by atoms with van der Waals surface area (Å²) in [7, 11) is 0. The van der Waals surface area contributed by atoms with Crippen molar-refractivity contribution in [3.8, 4) is 10.4 Å². The van der Waals surface area contributed by atoms with Crippen molar-refractivity contribution in [3.05, 3.63) is 66.3 Å². The van der Waals surface area contributed by atoms with Crippen LogP contribution in [0.15, 0.2) is 66.3 Å². The number of aromatic nitrogens is 2. The van der Waals surface area contributed by atoms with Crippen LogP contribution in [0.4, 0.5) is 17.2 Å². The van der Waals surface area contributed by atoms with E-state index in [1.165, 1.54) is 16.1 Å². The molecular formula is C27H30N4OS. The van der Waals surface area contributed by atoms with Gasteiger partial charge in [0.25, 0.3) is 0 Å². The zero-order chi connectivity index (χ0) is 22.6. The van der Waals surface area contributed by atoms with Gasteiger partial charge in [-0.3, -0.25) is 0 Å². The van der Waals surface area contributed by atoms with Crippen LogP contribution >= 0.6 is 11.3 Å². The van der Waals surface area contributed by atoms with Gasteiger partial charge in [-0.1, -0.05) is 26.0 Å². The summed E-state index contributed by atoms with van der Waals surface area (Å²) in [5.41, 5.74) is 4.59. The van der Waals surface area contributed by atoms with Crippen LogP contribution in [0.5, 0.6) is 0 Å². The molecule has 3 heterocycles. The lowest BCUT2D eigenvalue weighted by Gasteiger charge is -2.30. The van der Waals surface area contributed by atoms with Gasteiger partial charge in [0, 0.05) is 41.3 Å². The third kappa shape index (κ3) is 4.87. The summed E-state index contributed by atoms with van der Waals surface area (Å²) >= 11 is 1.76. The van der Waals surface area contributed by atoms with Crippen molar-refractivity contribution in [1.82, 2.24) is 9.97 Å². The van der Waals surface area contributed by atoms with Gasteiger partial charge in [-0.15, -0.1) is 11.3 Å². The Bertz CT molecular complexity index is 1180. The lowest BCUT2D eigenvalue weighted by Crippen LogP contribution is -2.36. The van der Waals surface area contributed by atoms with Crippen molar-refractivity contribution >= 4 is 39.4 Å². The van der Waals surface area contributed by atoms with E-state index in [-0.39, 0.29) is 0 Å². The van der Waals surface area contributed by atoms with Crippen LogP contribution in [0, 0.1) is 5.92 Å². The van der Waals surface area contributed by atoms with E-state index in [9.17, 15) is 0 Å². The molecule has 2 aromatic carbocycles. The van der Waals surface area contributed by atoms with E-state index in [0.29, 0.717) is 5.92 Å². The lowest BCUT2D eigenvalue weighted by molar-refractivity contribution is 0.122. The minimum Gasteiger partial charge on any atom is -0.378 e. The summed E-state index contributed by atoms with van der Waals surface area (Å²) in [6, 6.07) is 19.7.